The zero-order valence-corrected chi connectivity index (χ0v) is 10.5. The van der Waals surface area contributed by atoms with Gasteiger partial charge in [0.05, 0.1) is 11.7 Å². The van der Waals surface area contributed by atoms with Crippen molar-refractivity contribution in [3.8, 4) is 0 Å². The number of hydrogen-bond donors (Lipinski definition) is 2. The third-order valence-electron chi connectivity index (χ3n) is 2.99. The summed E-state index contributed by atoms with van der Waals surface area (Å²) in [5, 5.41) is 18.6. The number of carboxylic acids is 1. The van der Waals surface area contributed by atoms with Crippen molar-refractivity contribution in [2.75, 3.05) is 6.54 Å². The van der Waals surface area contributed by atoms with Gasteiger partial charge in [0.15, 0.2) is 0 Å². The first-order valence-corrected chi connectivity index (χ1v) is 5.95. The highest BCUT2D eigenvalue weighted by Crippen LogP contribution is 2.23. The molecule has 102 valence electrons. The van der Waals surface area contributed by atoms with Crippen molar-refractivity contribution >= 4 is 23.5 Å². The number of carbonyl (C=O) groups excluding carboxylic acids is 1. The molecule has 1 heterocycles. The summed E-state index contributed by atoms with van der Waals surface area (Å²) in [5.41, 5.74) is -0.259. The summed E-state index contributed by atoms with van der Waals surface area (Å²) in [4.78, 5) is 24.1. The Morgan fingerprint density at radius 3 is 2.68 bits per heavy atom. The molecule has 1 saturated heterocycles. The molecule has 0 aliphatic carbocycles. The Balaban J connectivity index is 2.30. The molecule has 5 nitrogen and oxygen atoms in total. The second-order valence-corrected chi connectivity index (χ2v) is 4.76. The van der Waals surface area contributed by atoms with Crippen LogP contribution in [0.15, 0.2) is 18.2 Å². The summed E-state index contributed by atoms with van der Waals surface area (Å²) in [6.07, 6.45) is -0.976. The molecule has 1 amide bonds. The number of likely N-dealkylation sites (tertiary alicyclic amines) is 1. The first-order chi connectivity index (χ1) is 8.90. The topological polar surface area (TPSA) is 77.8 Å². The smallest absolute Gasteiger partial charge is 0.326 e. The Kier molecular flexibility index (Phi) is 3.73. The predicted octanol–water partition coefficient (Wildman–Crippen LogP) is 1.14. The van der Waals surface area contributed by atoms with Crippen molar-refractivity contribution in [3.63, 3.8) is 0 Å². The van der Waals surface area contributed by atoms with E-state index in [2.05, 4.69) is 0 Å². The van der Waals surface area contributed by atoms with Crippen LogP contribution in [0.2, 0.25) is 5.02 Å². The lowest BCUT2D eigenvalue weighted by atomic mass is 10.1. The van der Waals surface area contributed by atoms with Crippen molar-refractivity contribution in [1.29, 1.82) is 0 Å². The quantitative estimate of drug-likeness (QED) is 0.855. The summed E-state index contributed by atoms with van der Waals surface area (Å²) in [6, 6.07) is 2.39. The van der Waals surface area contributed by atoms with Crippen LogP contribution in [0.3, 0.4) is 0 Å². The van der Waals surface area contributed by atoms with Crippen molar-refractivity contribution in [3.05, 3.63) is 34.6 Å². The number of carbonyl (C=O) groups is 2. The molecule has 1 aliphatic heterocycles. The minimum atomic E-state index is -1.22. The van der Waals surface area contributed by atoms with E-state index in [1.54, 1.807) is 0 Å². The number of aliphatic hydroxyl groups is 1. The lowest BCUT2D eigenvalue weighted by molar-refractivity contribution is -0.141. The van der Waals surface area contributed by atoms with Gasteiger partial charge in [-0.25, -0.2) is 9.18 Å². The van der Waals surface area contributed by atoms with E-state index in [4.69, 9.17) is 16.7 Å². The van der Waals surface area contributed by atoms with E-state index in [1.165, 1.54) is 12.1 Å². The molecule has 1 aliphatic rings. The zero-order valence-electron chi connectivity index (χ0n) is 9.72. The number of aliphatic hydroxyl groups excluding tert-OH is 1. The van der Waals surface area contributed by atoms with Crippen LogP contribution in [0, 0.1) is 5.82 Å². The van der Waals surface area contributed by atoms with E-state index in [1.807, 2.05) is 0 Å². The number of β-amino-alcohol motifs (C(OH)–C–C–N with tert-alkyl or cyclic N) is 1. The van der Waals surface area contributed by atoms with Crippen LogP contribution in [0.4, 0.5) is 4.39 Å². The maximum atomic E-state index is 13.6. The maximum Gasteiger partial charge on any atom is 0.326 e. The molecule has 2 N–H and O–H groups in total. The van der Waals surface area contributed by atoms with Gasteiger partial charge >= 0.3 is 5.97 Å². The Morgan fingerprint density at radius 2 is 2.11 bits per heavy atom. The second-order valence-electron chi connectivity index (χ2n) is 4.33. The molecular weight excluding hydrogens is 277 g/mol. The predicted molar refractivity (Wildman–Crippen MR) is 64.5 cm³/mol. The van der Waals surface area contributed by atoms with Gasteiger partial charge in [-0.1, -0.05) is 11.6 Å². The third kappa shape index (κ3) is 2.69. The highest BCUT2D eigenvalue weighted by Gasteiger charge is 2.39. The molecule has 0 aromatic heterocycles. The first-order valence-electron chi connectivity index (χ1n) is 5.57. The van der Waals surface area contributed by atoms with Gasteiger partial charge in [0.2, 0.25) is 0 Å². The average molecular weight is 288 g/mol. The summed E-state index contributed by atoms with van der Waals surface area (Å²) < 4.78 is 13.6. The first kappa shape index (κ1) is 13.8. The SMILES string of the molecule is O=C(O)[C@@H]1CC(O)CN1C(=O)c1ccc(Cl)cc1F. The zero-order chi connectivity index (χ0) is 14.2. The van der Waals surface area contributed by atoms with Crippen molar-refractivity contribution in [1.82, 2.24) is 4.90 Å². The van der Waals surface area contributed by atoms with Crippen LogP contribution in [0.1, 0.15) is 16.8 Å². The average Bonchev–Trinajstić information content (AvgIpc) is 2.70. The molecule has 1 unspecified atom stereocenters. The Hall–Kier alpha value is -1.66. The van der Waals surface area contributed by atoms with Gasteiger partial charge in [0, 0.05) is 18.0 Å². The van der Waals surface area contributed by atoms with E-state index < -0.39 is 29.8 Å². The second kappa shape index (κ2) is 5.14. The van der Waals surface area contributed by atoms with Crippen LogP contribution < -0.4 is 0 Å². The van der Waals surface area contributed by atoms with Gasteiger partial charge in [0.25, 0.3) is 5.91 Å². The summed E-state index contributed by atoms with van der Waals surface area (Å²) in [7, 11) is 0. The molecule has 1 aromatic rings. The number of amides is 1. The van der Waals surface area contributed by atoms with Gasteiger partial charge < -0.3 is 15.1 Å². The van der Waals surface area contributed by atoms with E-state index in [-0.39, 0.29) is 23.6 Å². The fourth-order valence-corrected chi connectivity index (χ4v) is 2.25. The minimum Gasteiger partial charge on any atom is -0.480 e. The summed E-state index contributed by atoms with van der Waals surface area (Å²) in [6.45, 7) is -0.127. The summed E-state index contributed by atoms with van der Waals surface area (Å²) in [5.74, 6) is -2.81. The van der Waals surface area contributed by atoms with Crippen LogP contribution in [-0.2, 0) is 4.79 Å². The molecule has 0 spiro atoms. The fourth-order valence-electron chi connectivity index (χ4n) is 2.09. The molecule has 1 fully saturated rings. The molecule has 0 saturated carbocycles. The molecule has 2 rings (SSSR count). The number of carboxylic acid groups (broad SMARTS) is 1. The van der Waals surface area contributed by atoms with Crippen molar-refractivity contribution < 1.29 is 24.2 Å². The fraction of sp³-hybridized carbons (Fsp3) is 0.333. The minimum absolute atomic E-state index is 0.0592. The van der Waals surface area contributed by atoms with Gasteiger partial charge in [-0.05, 0) is 18.2 Å². The molecular formula is C12H11ClFNO4. The monoisotopic (exact) mass is 287 g/mol. The van der Waals surface area contributed by atoms with Crippen molar-refractivity contribution in [2.24, 2.45) is 0 Å². The van der Waals surface area contributed by atoms with Gasteiger partial charge in [-0.3, -0.25) is 4.79 Å². The van der Waals surface area contributed by atoms with Crippen LogP contribution >= 0.6 is 11.6 Å². The highest BCUT2D eigenvalue weighted by molar-refractivity contribution is 6.30. The van der Waals surface area contributed by atoms with E-state index in [0.717, 1.165) is 11.0 Å². The number of halogens is 2. The highest BCUT2D eigenvalue weighted by atomic mass is 35.5. The van der Waals surface area contributed by atoms with Gasteiger partial charge in [0.1, 0.15) is 11.9 Å². The molecule has 1 aromatic carbocycles. The summed E-state index contributed by atoms with van der Waals surface area (Å²) >= 11 is 5.58. The van der Waals surface area contributed by atoms with Crippen LogP contribution in [0.5, 0.6) is 0 Å². The number of rotatable bonds is 2. The van der Waals surface area contributed by atoms with E-state index in [9.17, 15) is 19.1 Å². The van der Waals surface area contributed by atoms with Gasteiger partial charge in [-0.2, -0.15) is 0 Å². The van der Waals surface area contributed by atoms with Crippen LogP contribution in [0.25, 0.3) is 0 Å². The molecule has 0 radical (unpaired) electrons. The number of aliphatic carboxylic acids is 1. The maximum absolute atomic E-state index is 13.6. The number of hydrogen-bond acceptors (Lipinski definition) is 3. The molecule has 19 heavy (non-hydrogen) atoms. The normalized spacial score (nSPS) is 22.6. The number of benzene rings is 1. The van der Waals surface area contributed by atoms with Crippen LogP contribution in [-0.4, -0.2) is 45.7 Å². The lowest BCUT2D eigenvalue weighted by Gasteiger charge is -2.21. The molecule has 0 bridgehead atoms. The Bertz CT molecular complexity index is 536. The van der Waals surface area contributed by atoms with Gasteiger partial charge in [-0.15, -0.1) is 0 Å². The Labute approximate surface area is 113 Å². The molecule has 7 heteroatoms. The Morgan fingerprint density at radius 1 is 1.42 bits per heavy atom. The third-order valence-corrected chi connectivity index (χ3v) is 3.22. The lowest BCUT2D eigenvalue weighted by Crippen LogP contribution is -2.40. The standard InChI is InChI=1S/C12H11ClFNO4/c13-6-1-2-8(9(14)3-6)11(17)15-5-7(16)4-10(15)12(18)19/h1-3,7,10,16H,4-5H2,(H,18,19)/t7?,10-/m0/s1. The number of nitrogens with zero attached hydrogens (tertiary/aromatic N) is 1. The molecule has 2 atom stereocenters. The van der Waals surface area contributed by atoms with E-state index >= 15 is 0 Å². The van der Waals surface area contributed by atoms with E-state index in [0.29, 0.717) is 0 Å². The largest absolute Gasteiger partial charge is 0.480 e. The van der Waals surface area contributed by atoms with Crippen molar-refractivity contribution in [2.45, 2.75) is 18.6 Å².